The van der Waals surface area contributed by atoms with E-state index < -0.39 is 5.97 Å². The van der Waals surface area contributed by atoms with Crippen LogP contribution in [-0.2, 0) is 20.7 Å². The number of halogens is 1. The Labute approximate surface area is 154 Å². The number of hydrogen-bond acceptors (Lipinski definition) is 7. The molecular weight excluding hydrogens is 368 g/mol. The summed E-state index contributed by atoms with van der Waals surface area (Å²) in [6.07, 6.45) is 0.937. The summed E-state index contributed by atoms with van der Waals surface area (Å²) >= 11 is 7.75. The van der Waals surface area contributed by atoms with Crippen LogP contribution >= 0.6 is 22.9 Å². The molecule has 9 heteroatoms. The highest BCUT2D eigenvalue weighted by Crippen LogP contribution is 2.30. The van der Waals surface area contributed by atoms with E-state index in [1.807, 2.05) is 13.0 Å². The molecule has 0 saturated carbocycles. The third-order valence-corrected chi connectivity index (χ3v) is 4.25. The van der Waals surface area contributed by atoms with Gasteiger partial charge in [-0.15, -0.1) is 11.3 Å². The van der Waals surface area contributed by atoms with Crippen LogP contribution < -0.4 is 4.74 Å². The van der Waals surface area contributed by atoms with Gasteiger partial charge in [0.1, 0.15) is 9.98 Å². The van der Waals surface area contributed by atoms with Crippen molar-refractivity contribution >= 4 is 45.1 Å². The maximum atomic E-state index is 10.7. The first-order chi connectivity index (χ1) is 11.7. The van der Waals surface area contributed by atoms with Gasteiger partial charge < -0.3 is 14.6 Å². The van der Waals surface area contributed by atoms with Gasteiger partial charge >= 0.3 is 12.0 Å². The van der Waals surface area contributed by atoms with E-state index in [9.17, 15) is 4.79 Å². The van der Waals surface area contributed by atoms with E-state index in [0.717, 1.165) is 23.6 Å². The summed E-state index contributed by atoms with van der Waals surface area (Å²) in [4.78, 5) is 30.3. The van der Waals surface area contributed by atoms with Crippen molar-refractivity contribution in [3.63, 3.8) is 0 Å². The summed E-state index contributed by atoms with van der Waals surface area (Å²) in [5.74, 6) is -1.07. The first kappa shape index (κ1) is 21.1. The van der Waals surface area contributed by atoms with Gasteiger partial charge in [0.2, 0.25) is 0 Å². The van der Waals surface area contributed by atoms with Gasteiger partial charge in [-0.25, -0.2) is 0 Å². The molecule has 25 heavy (non-hydrogen) atoms. The Morgan fingerprint density at radius 1 is 1.32 bits per heavy atom. The van der Waals surface area contributed by atoms with Crippen molar-refractivity contribution in [3.05, 3.63) is 16.1 Å². The molecule has 7 nitrogen and oxygen atoms in total. The third-order valence-electron chi connectivity index (χ3n) is 2.79. The van der Waals surface area contributed by atoms with Gasteiger partial charge in [-0.2, -0.15) is 9.97 Å². The second kappa shape index (κ2) is 10.1. The van der Waals surface area contributed by atoms with Crippen LogP contribution in [0, 0.1) is 5.92 Å². The van der Waals surface area contributed by atoms with Crippen LogP contribution in [0.1, 0.15) is 32.6 Å². The topological polar surface area (TPSA) is 98.6 Å². The third kappa shape index (κ3) is 7.66. The Hall–Kier alpha value is -1.93. The molecule has 0 aromatic carbocycles. The Kier molecular flexibility index (Phi) is 8.57. The number of thiophene rings is 1. The number of fused-ring (bicyclic) bond motifs is 1. The lowest BCUT2D eigenvalue weighted by molar-refractivity contribution is -0.142. The minimum absolute atomic E-state index is 0.0570. The molecule has 0 aliphatic heterocycles. The molecule has 0 fully saturated rings. The van der Waals surface area contributed by atoms with Crippen LogP contribution in [0.3, 0.4) is 0 Å². The highest BCUT2D eigenvalue weighted by molar-refractivity contribution is 7.18. The number of carboxylic acids is 1. The number of aryl methyl sites for hydroxylation is 1. The van der Waals surface area contributed by atoms with Gasteiger partial charge in [0.05, 0.1) is 13.2 Å². The molecule has 0 spiro atoms. The number of aromatic nitrogens is 2. The molecule has 0 aliphatic carbocycles. The van der Waals surface area contributed by atoms with E-state index in [1.54, 1.807) is 11.3 Å². The highest BCUT2D eigenvalue weighted by atomic mass is 35.5. The Morgan fingerprint density at radius 2 is 1.96 bits per heavy atom. The molecule has 1 unspecified atom stereocenters. The van der Waals surface area contributed by atoms with Gasteiger partial charge in [0, 0.05) is 30.0 Å². The van der Waals surface area contributed by atoms with Gasteiger partial charge in [-0.1, -0.05) is 25.4 Å². The maximum absolute atomic E-state index is 10.7. The molecule has 2 aromatic rings. The molecule has 2 heterocycles. The predicted molar refractivity (Wildman–Crippen MR) is 96.4 cm³/mol. The van der Waals surface area contributed by atoms with E-state index >= 15 is 0 Å². The number of aliphatic carboxylic acids is 1. The highest BCUT2D eigenvalue weighted by Gasteiger charge is 2.12. The number of hydrogen-bond donors (Lipinski definition) is 1. The second-order valence-electron chi connectivity index (χ2n) is 5.32. The molecule has 1 N–H and O–H groups in total. The Morgan fingerprint density at radius 3 is 2.52 bits per heavy atom. The molecule has 2 aromatic heterocycles. The predicted octanol–water partition coefficient (Wildman–Crippen LogP) is 3.58. The SMILES string of the molecule is CC(=O)O.CCc1cc2c(Cl)nc(OCC(C)COC(C)=O)nc2s1. The summed E-state index contributed by atoms with van der Waals surface area (Å²) in [5.41, 5.74) is 0. The van der Waals surface area contributed by atoms with Crippen LogP contribution in [0.5, 0.6) is 6.01 Å². The van der Waals surface area contributed by atoms with Crippen LogP contribution in [0.4, 0.5) is 0 Å². The van der Waals surface area contributed by atoms with E-state index in [1.165, 1.54) is 11.8 Å². The van der Waals surface area contributed by atoms with Crippen molar-refractivity contribution in [1.82, 2.24) is 9.97 Å². The lowest BCUT2D eigenvalue weighted by Gasteiger charge is -2.11. The molecule has 1 atom stereocenters. The quantitative estimate of drug-likeness (QED) is 0.596. The lowest BCUT2D eigenvalue weighted by Crippen LogP contribution is -2.17. The summed E-state index contributed by atoms with van der Waals surface area (Å²) in [7, 11) is 0. The van der Waals surface area contributed by atoms with E-state index in [4.69, 9.17) is 31.0 Å². The fourth-order valence-electron chi connectivity index (χ4n) is 1.68. The van der Waals surface area contributed by atoms with Crippen LogP contribution in [0.15, 0.2) is 6.07 Å². The number of ether oxygens (including phenoxy) is 2. The van der Waals surface area contributed by atoms with Crippen molar-refractivity contribution < 1.29 is 24.2 Å². The van der Waals surface area contributed by atoms with Crippen LogP contribution in [0.25, 0.3) is 10.2 Å². The summed E-state index contributed by atoms with van der Waals surface area (Å²) < 4.78 is 10.5. The van der Waals surface area contributed by atoms with E-state index in [2.05, 4.69) is 16.9 Å². The van der Waals surface area contributed by atoms with Gasteiger partial charge in [-0.05, 0) is 12.5 Å². The summed E-state index contributed by atoms with van der Waals surface area (Å²) in [6.45, 7) is 7.14. The first-order valence-electron chi connectivity index (χ1n) is 7.64. The summed E-state index contributed by atoms with van der Waals surface area (Å²) in [6, 6.07) is 2.27. The fraction of sp³-hybridized carbons (Fsp3) is 0.500. The molecule has 0 saturated heterocycles. The number of carbonyl (C=O) groups excluding carboxylic acids is 1. The maximum Gasteiger partial charge on any atom is 0.319 e. The van der Waals surface area contributed by atoms with Crippen LogP contribution in [-0.4, -0.2) is 40.2 Å². The van der Waals surface area contributed by atoms with Crippen molar-refractivity contribution in [2.45, 2.75) is 34.1 Å². The van der Waals surface area contributed by atoms with E-state index in [-0.39, 0.29) is 17.9 Å². The zero-order chi connectivity index (χ0) is 19.0. The van der Waals surface area contributed by atoms with Crippen molar-refractivity contribution in [2.75, 3.05) is 13.2 Å². The number of rotatable bonds is 6. The normalized spacial score (nSPS) is 11.4. The molecule has 0 bridgehead atoms. The number of esters is 1. The van der Waals surface area contributed by atoms with Gasteiger partial charge in [-0.3, -0.25) is 9.59 Å². The molecular formula is C16H21ClN2O5S. The molecule has 0 aliphatic rings. The second-order valence-corrected chi connectivity index (χ2v) is 6.79. The van der Waals surface area contributed by atoms with Crippen molar-refractivity contribution in [2.24, 2.45) is 5.92 Å². The average molecular weight is 389 g/mol. The minimum Gasteiger partial charge on any atom is -0.481 e. The average Bonchev–Trinajstić information content (AvgIpc) is 2.94. The minimum atomic E-state index is -0.833. The summed E-state index contributed by atoms with van der Waals surface area (Å²) in [5, 5.41) is 8.68. The smallest absolute Gasteiger partial charge is 0.319 e. The van der Waals surface area contributed by atoms with Gasteiger partial charge in [0.15, 0.2) is 0 Å². The molecule has 0 radical (unpaired) electrons. The number of nitrogens with zero attached hydrogens (tertiary/aromatic N) is 2. The van der Waals surface area contributed by atoms with Crippen molar-refractivity contribution in [3.8, 4) is 6.01 Å². The largest absolute Gasteiger partial charge is 0.481 e. The van der Waals surface area contributed by atoms with Crippen LogP contribution in [0.2, 0.25) is 5.15 Å². The number of carbonyl (C=O) groups is 2. The first-order valence-corrected chi connectivity index (χ1v) is 8.84. The Balaban J connectivity index is 0.000000705. The molecule has 2 rings (SSSR count). The van der Waals surface area contributed by atoms with E-state index in [0.29, 0.717) is 18.4 Å². The zero-order valence-electron chi connectivity index (χ0n) is 14.5. The molecule has 0 amide bonds. The van der Waals surface area contributed by atoms with Crippen molar-refractivity contribution in [1.29, 1.82) is 0 Å². The van der Waals surface area contributed by atoms with Gasteiger partial charge in [0.25, 0.3) is 5.97 Å². The fourth-order valence-corrected chi connectivity index (χ4v) is 2.91. The number of carboxylic acid groups (broad SMARTS) is 1. The Bertz CT molecular complexity index is 731. The standard InChI is InChI=1S/C14H17ClN2O3S.C2H4O2/c1-4-10-5-11-12(15)16-14(17-13(11)21-10)20-7-8(2)6-19-9(3)18;1-2(3)4/h5,8H,4,6-7H2,1-3H3;1H3,(H,3,4). The molecule has 138 valence electrons. The lowest BCUT2D eigenvalue weighted by atomic mass is 10.2. The zero-order valence-corrected chi connectivity index (χ0v) is 16.1. The monoisotopic (exact) mass is 388 g/mol.